The summed E-state index contributed by atoms with van der Waals surface area (Å²) in [5, 5.41) is 0.707. The monoisotopic (exact) mass is 363 g/mol. The molecule has 2 heterocycles. The van der Waals surface area contributed by atoms with E-state index in [1.807, 2.05) is 16.7 Å². The summed E-state index contributed by atoms with van der Waals surface area (Å²) in [5.41, 5.74) is 1.10. The molecule has 17 heavy (non-hydrogen) atoms. The minimum absolute atomic E-state index is 0.0634. The van der Waals surface area contributed by atoms with Crippen molar-refractivity contribution in [2.75, 3.05) is 13.2 Å². The predicted octanol–water partition coefficient (Wildman–Crippen LogP) is 2.93. The Balaban J connectivity index is 2.23. The fourth-order valence-electron chi connectivity index (χ4n) is 2.09. The summed E-state index contributed by atoms with van der Waals surface area (Å²) < 4.78 is 7.85. The summed E-state index contributed by atoms with van der Waals surface area (Å²) in [7, 11) is 0. The first kappa shape index (κ1) is 13.3. The van der Waals surface area contributed by atoms with Crippen LogP contribution in [-0.2, 0) is 16.6 Å². The van der Waals surface area contributed by atoms with Crippen LogP contribution >= 0.6 is 31.9 Å². The van der Waals surface area contributed by atoms with Crippen molar-refractivity contribution in [3.63, 3.8) is 0 Å². The lowest BCUT2D eigenvalue weighted by atomic mass is 10.00. The zero-order valence-electron chi connectivity index (χ0n) is 9.49. The van der Waals surface area contributed by atoms with Crippen LogP contribution in [0.1, 0.15) is 18.5 Å². The molecule has 0 bridgehead atoms. The van der Waals surface area contributed by atoms with Crippen molar-refractivity contribution in [2.45, 2.75) is 24.7 Å². The first-order chi connectivity index (χ1) is 8.22. The highest BCUT2D eigenvalue weighted by Gasteiger charge is 2.16. The van der Waals surface area contributed by atoms with E-state index in [4.69, 9.17) is 4.74 Å². The molecule has 1 aliphatic rings. The third kappa shape index (κ3) is 3.20. The molecule has 0 aliphatic carbocycles. The van der Waals surface area contributed by atoms with E-state index in [0.29, 0.717) is 15.7 Å². The Hall–Kier alpha value is -0.130. The van der Waals surface area contributed by atoms with Crippen LogP contribution in [0.4, 0.5) is 0 Å². The van der Waals surface area contributed by atoms with E-state index in [2.05, 4.69) is 31.9 Å². The van der Waals surface area contributed by atoms with Crippen LogP contribution in [0.15, 0.2) is 21.4 Å². The number of ether oxygens (including phenoxy) is 1. The lowest BCUT2D eigenvalue weighted by Crippen LogP contribution is -2.29. The fourth-order valence-corrected chi connectivity index (χ4v) is 2.93. The molecule has 0 N–H and O–H groups in total. The molecule has 1 aromatic heterocycles. The second-order valence-corrected chi connectivity index (χ2v) is 5.69. The van der Waals surface area contributed by atoms with Gasteiger partial charge in [-0.15, -0.1) is 0 Å². The van der Waals surface area contributed by atoms with Gasteiger partial charge in [-0.2, -0.15) is 0 Å². The first-order valence-corrected chi connectivity index (χ1v) is 7.65. The Morgan fingerprint density at radius 3 is 2.71 bits per heavy atom. The molecule has 94 valence electrons. The highest BCUT2D eigenvalue weighted by Crippen LogP contribution is 2.18. The van der Waals surface area contributed by atoms with Gasteiger partial charge in [-0.3, -0.25) is 4.79 Å². The maximum atomic E-state index is 12.1. The summed E-state index contributed by atoms with van der Waals surface area (Å²) in [6, 6.07) is 3.80. The van der Waals surface area contributed by atoms with Crippen LogP contribution < -0.4 is 5.56 Å². The van der Waals surface area contributed by atoms with E-state index in [1.54, 1.807) is 0 Å². The summed E-state index contributed by atoms with van der Waals surface area (Å²) in [4.78, 5) is 12.1. The van der Waals surface area contributed by atoms with Gasteiger partial charge in [-0.05, 0) is 46.8 Å². The van der Waals surface area contributed by atoms with Gasteiger partial charge < -0.3 is 9.30 Å². The van der Waals surface area contributed by atoms with E-state index in [0.717, 1.165) is 38.3 Å². The molecule has 1 aromatic rings. The average molecular weight is 365 g/mol. The van der Waals surface area contributed by atoms with Gasteiger partial charge in [0.2, 0.25) is 0 Å². The topological polar surface area (TPSA) is 31.2 Å². The number of halogens is 2. The minimum Gasteiger partial charge on any atom is -0.381 e. The second kappa shape index (κ2) is 6.16. The molecule has 1 saturated heterocycles. The van der Waals surface area contributed by atoms with Gasteiger partial charge in [0.05, 0.1) is 4.47 Å². The lowest BCUT2D eigenvalue weighted by Gasteiger charge is -2.24. The largest absolute Gasteiger partial charge is 0.381 e. The predicted molar refractivity (Wildman–Crippen MR) is 74.6 cm³/mol. The number of rotatable bonds is 3. The molecule has 0 spiro atoms. The lowest BCUT2D eigenvalue weighted by molar-refractivity contribution is 0.0607. The Bertz CT molecular complexity index is 439. The zero-order chi connectivity index (χ0) is 12.3. The third-order valence-corrected chi connectivity index (χ3v) is 4.31. The van der Waals surface area contributed by atoms with Gasteiger partial charge in [0.25, 0.3) is 5.56 Å². The number of alkyl halides is 1. The molecule has 0 radical (unpaired) electrons. The Labute approximate surface area is 117 Å². The van der Waals surface area contributed by atoms with E-state index < -0.39 is 0 Å². The van der Waals surface area contributed by atoms with Crippen molar-refractivity contribution < 1.29 is 4.74 Å². The normalized spacial score (nSPS) is 17.3. The van der Waals surface area contributed by atoms with E-state index in [9.17, 15) is 4.79 Å². The molecule has 0 aromatic carbocycles. The van der Waals surface area contributed by atoms with E-state index >= 15 is 0 Å². The maximum Gasteiger partial charge on any atom is 0.265 e. The Morgan fingerprint density at radius 2 is 2.06 bits per heavy atom. The van der Waals surface area contributed by atoms with Gasteiger partial charge in [0.15, 0.2) is 0 Å². The maximum absolute atomic E-state index is 12.1. The zero-order valence-corrected chi connectivity index (χ0v) is 12.7. The van der Waals surface area contributed by atoms with Crippen molar-refractivity contribution in [1.82, 2.24) is 4.57 Å². The van der Waals surface area contributed by atoms with E-state index in [-0.39, 0.29) is 5.56 Å². The smallest absolute Gasteiger partial charge is 0.265 e. The highest BCUT2D eigenvalue weighted by atomic mass is 79.9. The SMILES string of the molecule is O=c1c(Br)ccc(CBr)n1CC1CCOCC1. The van der Waals surface area contributed by atoms with Crippen LogP contribution in [0.3, 0.4) is 0 Å². The molecule has 1 fully saturated rings. The second-order valence-electron chi connectivity index (χ2n) is 4.28. The summed E-state index contributed by atoms with van der Waals surface area (Å²) in [5.74, 6) is 0.550. The van der Waals surface area contributed by atoms with Crippen LogP contribution in [0.5, 0.6) is 0 Å². The molecule has 5 heteroatoms. The molecule has 0 unspecified atom stereocenters. The molecule has 2 rings (SSSR count). The van der Waals surface area contributed by atoms with Gasteiger partial charge in [0.1, 0.15) is 0 Å². The van der Waals surface area contributed by atoms with Gasteiger partial charge >= 0.3 is 0 Å². The fraction of sp³-hybridized carbons (Fsp3) is 0.583. The van der Waals surface area contributed by atoms with Crippen molar-refractivity contribution >= 4 is 31.9 Å². The molecule has 1 aliphatic heterocycles. The first-order valence-electron chi connectivity index (χ1n) is 5.74. The van der Waals surface area contributed by atoms with Gasteiger partial charge in [-0.25, -0.2) is 0 Å². The third-order valence-electron chi connectivity index (χ3n) is 3.14. The Morgan fingerprint density at radius 1 is 1.35 bits per heavy atom. The molecular formula is C12H15Br2NO2. The molecule has 0 saturated carbocycles. The molecule has 3 nitrogen and oxygen atoms in total. The number of aromatic nitrogens is 1. The van der Waals surface area contributed by atoms with Crippen molar-refractivity contribution in [1.29, 1.82) is 0 Å². The molecule has 0 amide bonds. The van der Waals surface area contributed by atoms with Crippen molar-refractivity contribution in [3.8, 4) is 0 Å². The highest BCUT2D eigenvalue weighted by molar-refractivity contribution is 9.10. The number of pyridine rings is 1. The van der Waals surface area contributed by atoms with Crippen LogP contribution in [0.25, 0.3) is 0 Å². The van der Waals surface area contributed by atoms with Gasteiger partial charge in [0, 0.05) is 30.8 Å². The number of hydrogen-bond acceptors (Lipinski definition) is 2. The molecule has 0 atom stereocenters. The van der Waals surface area contributed by atoms with Crippen LogP contribution in [0.2, 0.25) is 0 Å². The van der Waals surface area contributed by atoms with Crippen LogP contribution in [0, 0.1) is 5.92 Å². The number of hydrogen-bond donors (Lipinski definition) is 0. The summed E-state index contributed by atoms with van der Waals surface area (Å²) in [6.45, 7) is 2.43. The van der Waals surface area contributed by atoms with Crippen LogP contribution in [-0.4, -0.2) is 17.8 Å². The summed E-state index contributed by atoms with van der Waals surface area (Å²) >= 11 is 6.73. The summed E-state index contributed by atoms with van der Waals surface area (Å²) in [6.07, 6.45) is 2.08. The average Bonchev–Trinajstić information content (AvgIpc) is 2.37. The Kier molecular flexibility index (Phi) is 4.82. The molecular weight excluding hydrogens is 350 g/mol. The van der Waals surface area contributed by atoms with Gasteiger partial charge in [-0.1, -0.05) is 15.9 Å². The standard InChI is InChI=1S/C12H15Br2NO2/c13-7-10-1-2-11(14)12(16)15(10)8-9-3-5-17-6-4-9/h1-2,9H,3-8H2. The number of nitrogens with zero attached hydrogens (tertiary/aromatic N) is 1. The quantitative estimate of drug-likeness (QED) is 0.772. The van der Waals surface area contributed by atoms with E-state index in [1.165, 1.54) is 0 Å². The minimum atomic E-state index is 0.0634. The van der Waals surface area contributed by atoms with Crippen molar-refractivity contribution in [3.05, 3.63) is 32.7 Å². The van der Waals surface area contributed by atoms with Crippen molar-refractivity contribution in [2.24, 2.45) is 5.92 Å².